The molecule has 3 rings (SSSR count). The number of esters is 1. The summed E-state index contributed by atoms with van der Waals surface area (Å²) in [6.07, 6.45) is 7.51. The molecule has 130 valence electrons. The molecule has 24 heavy (non-hydrogen) atoms. The molecule has 1 aromatic carbocycles. The van der Waals surface area contributed by atoms with Gasteiger partial charge < -0.3 is 4.74 Å². The van der Waals surface area contributed by atoms with E-state index in [0.29, 0.717) is 0 Å². The maximum Gasteiger partial charge on any atom is 0.334 e. The molecule has 0 spiro atoms. The molecule has 0 amide bonds. The van der Waals surface area contributed by atoms with Gasteiger partial charge in [0.25, 0.3) is 0 Å². The van der Waals surface area contributed by atoms with Crippen LogP contribution in [0.25, 0.3) is 0 Å². The van der Waals surface area contributed by atoms with Gasteiger partial charge in [0.15, 0.2) is 11.1 Å². The highest BCUT2D eigenvalue weighted by atomic mass is 16.6. The van der Waals surface area contributed by atoms with Crippen LogP contribution < -0.4 is 0 Å². The molecule has 1 unspecified atom stereocenters. The van der Waals surface area contributed by atoms with Crippen LogP contribution in [0.2, 0.25) is 0 Å². The highest BCUT2D eigenvalue weighted by Crippen LogP contribution is 2.41. The summed E-state index contributed by atoms with van der Waals surface area (Å²) in [4.78, 5) is 18.1. The van der Waals surface area contributed by atoms with E-state index in [1.54, 1.807) is 0 Å². The fraction of sp³-hybridized carbons (Fsp3) is 0.619. The Hall–Kier alpha value is -1.64. The standard InChI is InChI=1S/C21H29NO2/c1-4-6-13-21(14-7-5-2)19(23)24-20(3)15-12-16-10-8-9-11-17(16)18(20)22-21/h8-11H,4-7,12-15H2,1-3H3. The van der Waals surface area contributed by atoms with Gasteiger partial charge >= 0.3 is 5.97 Å². The van der Waals surface area contributed by atoms with Crippen LogP contribution >= 0.6 is 0 Å². The third kappa shape index (κ3) is 2.89. The van der Waals surface area contributed by atoms with Crippen molar-refractivity contribution in [3.05, 3.63) is 35.4 Å². The number of fused-ring (bicyclic) bond motifs is 3. The van der Waals surface area contributed by atoms with Crippen molar-refractivity contribution in [2.75, 3.05) is 0 Å². The first-order valence-corrected chi connectivity index (χ1v) is 9.47. The van der Waals surface area contributed by atoms with Gasteiger partial charge in [0.2, 0.25) is 0 Å². The number of aliphatic imine (C=N–C) groups is 1. The molecule has 1 aromatic rings. The van der Waals surface area contributed by atoms with Crippen LogP contribution in [0.15, 0.2) is 29.3 Å². The lowest BCUT2D eigenvalue weighted by molar-refractivity contribution is -0.162. The van der Waals surface area contributed by atoms with E-state index in [2.05, 4.69) is 38.1 Å². The molecule has 1 heterocycles. The first-order chi connectivity index (χ1) is 11.5. The third-order valence-corrected chi connectivity index (χ3v) is 5.56. The van der Waals surface area contributed by atoms with Crippen LogP contribution in [0.4, 0.5) is 0 Å². The van der Waals surface area contributed by atoms with Gasteiger partial charge in [-0.25, -0.2) is 4.79 Å². The van der Waals surface area contributed by atoms with Gasteiger partial charge in [0, 0.05) is 5.56 Å². The van der Waals surface area contributed by atoms with Gasteiger partial charge in [0.1, 0.15) is 0 Å². The number of ether oxygens (including phenoxy) is 1. The predicted octanol–water partition coefficient (Wildman–Crippen LogP) is 4.86. The maximum absolute atomic E-state index is 13.0. The Morgan fingerprint density at radius 1 is 1.12 bits per heavy atom. The SMILES string of the molecule is CCCCC1(CCCC)N=C2c3ccccc3CCC2(C)OC1=O. The van der Waals surface area contributed by atoms with Gasteiger partial charge in [-0.1, -0.05) is 63.8 Å². The molecule has 3 heteroatoms. The number of unbranched alkanes of at least 4 members (excludes halogenated alkanes) is 2. The second kappa shape index (κ2) is 6.70. The van der Waals surface area contributed by atoms with Crippen molar-refractivity contribution >= 4 is 11.7 Å². The highest BCUT2D eigenvalue weighted by Gasteiger charge is 2.51. The highest BCUT2D eigenvalue weighted by molar-refractivity contribution is 6.12. The van der Waals surface area contributed by atoms with Crippen LogP contribution in [-0.4, -0.2) is 22.8 Å². The molecule has 0 saturated heterocycles. The molecule has 0 N–H and O–H groups in total. The topological polar surface area (TPSA) is 38.7 Å². The molecular weight excluding hydrogens is 298 g/mol. The lowest BCUT2D eigenvalue weighted by Gasteiger charge is -2.44. The van der Waals surface area contributed by atoms with E-state index in [1.807, 2.05) is 6.92 Å². The molecule has 2 aliphatic rings. The number of nitrogens with zero attached hydrogens (tertiary/aromatic N) is 1. The molecule has 1 aliphatic heterocycles. The fourth-order valence-corrected chi connectivity index (χ4v) is 3.96. The smallest absolute Gasteiger partial charge is 0.334 e. The Bertz CT molecular complexity index is 641. The van der Waals surface area contributed by atoms with Crippen molar-refractivity contribution < 1.29 is 9.53 Å². The summed E-state index contributed by atoms with van der Waals surface area (Å²) in [6.45, 7) is 6.35. The summed E-state index contributed by atoms with van der Waals surface area (Å²) in [5, 5.41) is 0. The fourth-order valence-electron chi connectivity index (χ4n) is 3.96. The molecule has 1 aliphatic carbocycles. The Morgan fingerprint density at radius 2 is 1.79 bits per heavy atom. The number of rotatable bonds is 6. The Morgan fingerprint density at radius 3 is 2.46 bits per heavy atom. The van der Waals surface area contributed by atoms with E-state index < -0.39 is 11.1 Å². The van der Waals surface area contributed by atoms with Crippen molar-refractivity contribution in [3.8, 4) is 0 Å². The van der Waals surface area contributed by atoms with E-state index in [-0.39, 0.29) is 5.97 Å². The van der Waals surface area contributed by atoms with Crippen molar-refractivity contribution in [1.82, 2.24) is 0 Å². The molecule has 0 fully saturated rings. The first kappa shape index (κ1) is 17.2. The zero-order chi connectivity index (χ0) is 17.2. The van der Waals surface area contributed by atoms with Crippen molar-refractivity contribution in [2.45, 2.75) is 83.3 Å². The molecule has 0 saturated carbocycles. The van der Waals surface area contributed by atoms with Crippen LogP contribution in [0.5, 0.6) is 0 Å². The van der Waals surface area contributed by atoms with E-state index in [4.69, 9.17) is 9.73 Å². The van der Waals surface area contributed by atoms with Crippen molar-refractivity contribution in [3.63, 3.8) is 0 Å². The van der Waals surface area contributed by atoms with Crippen LogP contribution in [0, 0.1) is 0 Å². The van der Waals surface area contributed by atoms with Gasteiger partial charge in [-0.2, -0.15) is 0 Å². The minimum atomic E-state index is -0.675. The van der Waals surface area contributed by atoms with Crippen LogP contribution in [0.1, 0.15) is 76.8 Å². The number of hydrogen-bond donors (Lipinski definition) is 0. The largest absolute Gasteiger partial charge is 0.451 e. The van der Waals surface area contributed by atoms with Crippen molar-refractivity contribution in [2.24, 2.45) is 4.99 Å². The van der Waals surface area contributed by atoms with Gasteiger partial charge in [-0.15, -0.1) is 0 Å². The maximum atomic E-state index is 13.0. The van der Waals surface area contributed by atoms with Crippen molar-refractivity contribution in [1.29, 1.82) is 0 Å². The summed E-state index contributed by atoms with van der Waals surface area (Å²) in [5.74, 6) is -0.102. The molecule has 1 atom stereocenters. The lowest BCUT2D eigenvalue weighted by atomic mass is 9.76. The zero-order valence-electron chi connectivity index (χ0n) is 15.2. The Balaban J connectivity index is 2.09. The minimum Gasteiger partial charge on any atom is -0.451 e. The summed E-state index contributed by atoms with van der Waals surface area (Å²) in [7, 11) is 0. The summed E-state index contributed by atoms with van der Waals surface area (Å²) in [5.41, 5.74) is 2.26. The van der Waals surface area contributed by atoms with E-state index in [9.17, 15) is 4.79 Å². The molecule has 3 nitrogen and oxygen atoms in total. The molecule has 0 aromatic heterocycles. The Kier molecular flexibility index (Phi) is 4.80. The quantitative estimate of drug-likeness (QED) is 0.700. The molecule has 0 bridgehead atoms. The van der Waals surface area contributed by atoms with E-state index >= 15 is 0 Å². The van der Waals surface area contributed by atoms with Gasteiger partial charge in [-0.05, 0) is 38.2 Å². The number of carbonyl (C=O) groups is 1. The molecular formula is C21H29NO2. The average Bonchev–Trinajstić information content (AvgIpc) is 2.59. The zero-order valence-corrected chi connectivity index (χ0v) is 15.2. The second-order valence-corrected chi connectivity index (χ2v) is 7.48. The first-order valence-electron chi connectivity index (χ1n) is 9.47. The van der Waals surface area contributed by atoms with E-state index in [1.165, 1.54) is 11.1 Å². The summed E-state index contributed by atoms with van der Waals surface area (Å²) >= 11 is 0. The normalized spacial score (nSPS) is 24.6. The molecule has 0 radical (unpaired) electrons. The van der Waals surface area contributed by atoms with Crippen LogP contribution in [-0.2, 0) is 16.0 Å². The third-order valence-electron chi connectivity index (χ3n) is 5.56. The number of carbonyl (C=O) groups excluding carboxylic acids is 1. The second-order valence-electron chi connectivity index (χ2n) is 7.48. The predicted molar refractivity (Wildman–Crippen MR) is 97.6 cm³/mol. The monoisotopic (exact) mass is 327 g/mol. The van der Waals surface area contributed by atoms with Gasteiger partial charge in [0.05, 0.1) is 5.71 Å². The average molecular weight is 327 g/mol. The number of hydrogen-bond acceptors (Lipinski definition) is 3. The van der Waals surface area contributed by atoms with Crippen LogP contribution in [0.3, 0.4) is 0 Å². The number of benzene rings is 1. The Labute approximate surface area is 145 Å². The van der Waals surface area contributed by atoms with Gasteiger partial charge in [-0.3, -0.25) is 4.99 Å². The number of aryl methyl sites for hydroxylation is 1. The lowest BCUT2D eigenvalue weighted by Crippen LogP contribution is -2.55. The summed E-state index contributed by atoms with van der Waals surface area (Å²) in [6, 6.07) is 8.45. The minimum absolute atomic E-state index is 0.102. The van der Waals surface area contributed by atoms with E-state index in [0.717, 1.165) is 57.1 Å². The summed E-state index contributed by atoms with van der Waals surface area (Å²) < 4.78 is 6.07.